The summed E-state index contributed by atoms with van der Waals surface area (Å²) in [5.41, 5.74) is 5.70. The van der Waals surface area contributed by atoms with Crippen LogP contribution in [0.15, 0.2) is 29.1 Å². The number of rotatable bonds is 5. The Kier molecular flexibility index (Phi) is 8.84. The van der Waals surface area contributed by atoms with Gasteiger partial charge in [0.25, 0.3) is 11.5 Å². The lowest BCUT2D eigenvalue weighted by Gasteiger charge is -2.34. The minimum absolute atomic E-state index is 0. The molecular formula is C18H27Cl2N5O3. The van der Waals surface area contributed by atoms with Crippen molar-refractivity contribution in [2.45, 2.75) is 32.0 Å². The van der Waals surface area contributed by atoms with Crippen molar-refractivity contribution in [3.05, 3.63) is 40.4 Å². The van der Waals surface area contributed by atoms with Crippen LogP contribution >= 0.6 is 24.8 Å². The number of para-hydroxylation sites is 1. The molecule has 0 radical (unpaired) electrons. The number of fused-ring (bicyclic) bond motifs is 1. The Morgan fingerprint density at radius 1 is 1.39 bits per heavy atom. The third kappa shape index (κ3) is 5.89. The van der Waals surface area contributed by atoms with Gasteiger partial charge in [-0.3, -0.25) is 14.5 Å². The minimum Gasteiger partial charge on any atom is -0.366 e. The molecule has 2 aromatic rings. The number of nitrogens with two attached hydrogens (primary N) is 1. The van der Waals surface area contributed by atoms with Crippen LogP contribution in [0.3, 0.4) is 0 Å². The van der Waals surface area contributed by atoms with Crippen LogP contribution in [0.2, 0.25) is 0 Å². The van der Waals surface area contributed by atoms with Gasteiger partial charge in [-0.05, 0) is 26.0 Å². The van der Waals surface area contributed by atoms with Crippen LogP contribution in [0, 0.1) is 0 Å². The molecule has 0 aliphatic carbocycles. The zero-order chi connectivity index (χ0) is 18.7. The summed E-state index contributed by atoms with van der Waals surface area (Å²) in [6.45, 7) is 6.08. The van der Waals surface area contributed by atoms with Crippen molar-refractivity contribution >= 4 is 41.6 Å². The summed E-state index contributed by atoms with van der Waals surface area (Å²) in [6.07, 6.45) is -0.568. The molecule has 0 spiro atoms. The molecule has 1 aromatic carbocycles. The molecule has 2 heterocycles. The van der Waals surface area contributed by atoms with Crippen LogP contribution in [0.4, 0.5) is 0 Å². The number of ether oxygens (including phenoxy) is 1. The number of nitrogens with one attached hydrogen (secondary N) is 2. The molecule has 1 saturated heterocycles. The molecule has 1 fully saturated rings. The molecule has 1 atom stereocenters. The van der Waals surface area contributed by atoms with Crippen molar-refractivity contribution in [2.75, 3.05) is 26.2 Å². The molecule has 28 heavy (non-hydrogen) atoms. The van der Waals surface area contributed by atoms with Crippen molar-refractivity contribution in [1.29, 1.82) is 0 Å². The van der Waals surface area contributed by atoms with Gasteiger partial charge in [0.05, 0.1) is 24.1 Å². The summed E-state index contributed by atoms with van der Waals surface area (Å²) in [4.78, 5) is 34.0. The Morgan fingerprint density at radius 3 is 2.82 bits per heavy atom. The highest BCUT2D eigenvalue weighted by Gasteiger charge is 2.30. The van der Waals surface area contributed by atoms with Gasteiger partial charge in [0.1, 0.15) is 11.9 Å². The summed E-state index contributed by atoms with van der Waals surface area (Å²) < 4.78 is 5.61. The molecule has 1 aliphatic heterocycles. The predicted octanol–water partition coefficient (Wildman–Crippen LogP) is 0.821. The summed E-state index contributed by atoms with van der Waals surface area (Å²) in [7, 11) is 0. The van der Waals surface area contributed by atoms with E-state index in [9.17, 15) is 9.59 Å². The number of hydrogen-bond acceptors (Lipinski definition) is 6. The summed E-state index contributed by atoms with van der Waals surface area (Å²) in [5.74, 6) is 0.405. The van der Waals surface area contributed by atoms with E-state index in [1.54, 1.807) is 6.07 Å². The number of aromatic amines is 1. The van der Waals surface area contributed by atoms with E-state index in [4.69, 9.17) is 10.5 Å². The number of aromatic nitrogens is 2. The van der Waals surface area contributed by atoms with Gasteiger partial charge in [-0.25, -0.2) is 4.98 Å². The number of hydrogen-bond donors (Lipinski definition) is 3. The lowest BCUT2D eigenvalue weighted by atomic mass is 10.1. The molecule has 1 amide bonds. The van der Waals surface area contributed by atoms with Gasteiger partial charge in [0, 0.05) is 25.2 Å². The summed E-state index contributed by atoms with van der Waals surface area (Å²) in [6, 6.07) is 7.23. The Bertz CT molecular complexity index is 858. The molecule has 8 nitrogen and oxygen atoms in total. The molecule has 0 saturated carbocycles. The van der Waals surface area contributed by atoms with Crippen molar-refractivity contribution in [2.24, 2.45) is 5.73 Å². The highest BCUT2D eigenvalue weighted by molar-refractivity contribution is 5.85. The van der Waals surface area contributed by atoms with Crippen LogP contribution in [-0.2, 0) is 16.1 Å². The fourth-order valence-corrected chi connectivity index (χ4v) is 2.89. The van der Waals surface area contributed by atoms with E-state index < -0.39 is 11.6 Å². The maximum atomic E-state index is 12.4. The first-order valence-electron chi connectivity index (χ1n) is 8.72. The topological polar surface area (TPSA) is 113 Å². The Hall–Kier alpha value is -1.71. The van der Waals surface area contributed by atoms with E-state index in [1.165, 1.54) is 0 Å². The number of benzene rings is 1. The predicted molar refractivity (Wildman–Crippen MR) is 113 cm³/mol. The van der Waals surface area contributed by atoms with Crippen LogP contribution in [-0.4, -0.2) is 58.7 Å². The van der Waals surface area contributed by atoms with Gasteiger partial charge in [0.15, 0.2) is 0 Å². The smallest absolute Gasteiger partial charge is 0.258 e. The van der Waals surface area contributed by atoms with Gasteiger partial charge in [-0.15, -0.1) is 24.8 Å². The molecule has 1 aliphatic rings. The first-order chi connectivity index (χ1) is 12.4. The maximum Gasteiger partial charge on any atom is 0.258 e. The van der Waals surface area contributed by atoms with Crippen LogP contribution in [0.1, 0.15) is 19.7 Å². The van der Waals surface area contributed by atoms with E-state index >= 15 is 0 Å². The molecule has 156 valence electrons. The molecule has 0 bridgehead atoms. The average molecular weight is 432 g/mol. The fraction of sp³-hybridized carbons (Fsp3) is 0.500. The largest absolute Gasteiger partial charge is 0.366 e. The average Bonchev–Trinajstić information content (AvgIpc) is 2.62. The number of carbonyl (C=O) groups is 1. The van der Waals surface area contributed by atoms with Gasteiger partial charge in [-0.1, -0.05) is 12.1 Å². The van der Waals surface area contributed by atoms with Gasteiger partial charge in [-0.2, -0.15) is 0 Å². The Labute approximate surface area is 176 Å². The lowest BCUT2D eigenvalue weighted by Crippen LogP contribution is -2.56. The third-order valence-corrected chi connectivity index (χ3v) is 4.45. The minimum atomic E-state index is -0.568. The number of nitrogens with zero attached hydrogens (tertiary/aromatic N) is 2. The van der Waals surface area contributed by atoms with E-state index in [2.05, 4.69) is 20.2 Å². The van der Waals surface area contributed by atoms with Gasteiger partial charge in [0.2, 0.25) is 0 Å². The molecule has 1 aromatic heterocycles. The van der Waals surface area contributed by atoms with Crippen molar-refractivity contribution < 1.29 is 9.53 Å². The quantitative estimate of drug-likeness (QED) is 0.645. The first kappa shape index (κ1) is 24.3. The van der Waals surface area contributed by atoms with Crippen molar-refractivity contribution in [3.8, 4) is 0 Å². The Morgan fingerprint density at radius 2 is 2.11 bits per heavy atom. The number of carbonyl (C=O) groups excluding carboxylic acids is 1. The number of H-pyrrole nitrogens is 1. The second kappa shape index (κ2) is 10.2. The Balaban J connectivity index is 0.00000196. The van der Waals surface area contributed by atoms with E-state index in [-0.39, 0.29) is 36.3 Å². The first-order valence-corrected chi connectivity index (χ1v) is 8.72. The fourth-order valence-electron chi connectivity index (χ4n) is 2.89. The summed E-state index contributed by atoms with van der Waals surface area (Å²) in [5, 5.41) is 3.47. The van der Waals surface area contributed by atoms with E-state index in [0.717, 1.165) is 0 Å². The van der Waals surface area contributed by atoms with Gasteiger partial charge < -0.3 is 20.8 Å². The maximum absolute atomic E-state index is 12.4. The second-order valence-corrected chi connectivity index (χ2v) is 7.20. The molecule has 10 heteroatoms. The molecule has 4 N–H and O–H groups in total. The molecular weight excluding hydrogens is 405 g/mol. The third-order valence-electron chi connectivity index (χ3n) is 4.45. The summed E-state index contributed by atoms with van der Waals surface area (Å²) >= 11 is 0. The molecule has 1 unspecified atom stereocenters. The SMILES string of the molecule is CC(C)(CN)NC(=O)C1CN(Cc2nc3ccccc3c(=O)[nH]2)CCO1.Cl.Cl. The normalized spacial score (nSPS) is 17.5. The van der Waals surface area contributed by atoms with E-state index in [0.29, 0.717) is 49.5 Å². The van der Waals surface area contributed by atoms with Gasteiger partial charge >= 0.3 is 0 Å². The number of amides is 1. The highest BCUT2D eigenvalue weighted by atomic mass is 35.5. The van der Waals surface area contributed by atoms with Crippen molar-refractivity contribution in [1.82, 2.24) is 20.2 Å². The van der Waals surface area contributed by atoms with Crippen LogP contribution in [0.5, 0.6) is 0 Å². The van der Waals surface area contributed by atoms with Crippen LogP contribution < -0.4 is 16.6 Å². The van der Waals surface area contributed by atoms with Crippen molar-refractivity contribution in [3.63, 3.8) is 0 Å². The molecule has 3 rings (SSSR count). The van der Waals surface area contributed by atoms with E-state index in [1.807, 2.05) is 32.0 Å². The van der Waals surface area contributed by atoms with Crippen LogP contribution in [0.25, 0.3) is 10.9 Å². The number of morpholine rings is 1. The zero-order valence-electron chi connectivity index (χ0n) is 15.9. The monoisotopic (exact) mass is 431 g/mol. The number of halogens is 2. The second-order valence-electron chi connectivity index (χ2n) is 7.20. The standard InChI is InChI=1S/C18H25N5O3.2ClH/c1-18(2,11-19)22-17(25)14-9-23(7-8-26-14)10-15-20-13-6-4-3-5-12(13)16(24)21-15;;/h3-6,14H,7-11,19H2,1-2H3,(H,22,25)(H,20,21,24);2*1H. The zero-order valence-corrected chi connectivity index (χ0v) is 17.6. The lowest BCUT2D eigenvalue weighted by molar-refractivity contribution is -0.140. The highest BCUT2D eigenvalue weighted by Crippen LogP contribution is 2.11.